The molecule has 8 atom stereocenters. The normalized spacial score (nSPS) is 47.7. The Balaban J connectivity index is 0.000000230. The maximum absolute atomic E-state index is 10.1. The molecule has 1 N–H and O–H groups in total. The predicted octanol–water partition coefficient (Wildman–Crippen LogP) is 7.21. The molecule has 3 fully saturated rings. The lowest BCUT2D eigenvalue weighted by molar-refractivity contribution is -0.0500. The molecule has 0 radical (unpaired) electrons. The van der Waals surface area contributed by atoms with Crippen molar-refractivity contribution >= 4 is 5.71 Å². The summed E-state index contributed by atoms with van der Waals surface area (Å²) in [6, 6.07) is 0. The zero-order chi connectivity index (χ0) is 21.5. The first-order valence-corrected chi connectivity index (χ1v) is 13.2. The van der Waals surface area contributed by atoms with Crippen LogP contribution >= 0.6 is 0 Å². The van der Waals surface area contributed by atoms with E-state index in [9.17, 15) is 5.11 Å². The van der Waals surface area contributed by atoms with E-state index in [0.29, 0.717) is 10.8 Å². The molecule has 0 aromatic carbocycles. The molecule has 170 valence electrons. The molecule has 2 heteroatoms. The molecule has 0 aromatic rings. The Morgan fingerprint density at radius 1 is 1.07 bits per heavy atom. The van der Waals surface area contributed by atoms with E-state index in [2.05, 4.69) is 45.7 Å². The number of aliphatic hydroxyl groups is 1. The Hall–Kier alpha value is -0.630. The van der Waals surface area contributed by atoms with E-state index in [-0.39, 0.29) is 6.10 Å². The van der Waals surface area contributed by atoms with Crippen LogP contribution < -0.4 is 0 Å². The second-order valence-corrected chi connectivity index (χ2v) is 12.1. The highest BCUT2D eigenvalue weighted by Crippen LogP contribution is 2.66. The summed E-state index contributed by atoms with van der Waals surface area (Å²) in [5.41, 5.74) is 3.99. The minimum Gasteiger partial charge on any atom is -0.393 e. The van der Waals surface area contributed by atoms with E-state index in [1.54, 1.807) is 5.57 Å². The highest BCUT2D eigenvalue weighted by molar-refractivity contribution is 5.82. The fraction of sp³-hybridized carbons (Fsp3) is 0.893. The van der Waals surface area contributed by atoms with Crippen LogP contribution in [0.25, 0.3) is 0 Å². The molecular formula is C28H47NO. The summed E-state index contributed by atoms with van der Waals surface area (Å²) in [7, 11) is 0. The molecule has 3 saturated carbocycles. The van der Waals surface area contributed by atoms with Crippen molar-refractivity contribution in [1.29, 1.82) is 0 Å². The fourth-order valence-corrected chi connectivity index (χ4v) is 8.36. The lowest BCUT2D eigenvalue weighted by atomic mass is 9.47. The molecular weight excluding hydrogens is 366 g/mol. The van der Waals surface area contributed by atoms with E-state index in [0.717, 1.165) is 49.0 Å². The minimum atomic E-state index is -0.0688. The topological polar surface area (TPSA) is 32.6 Å². The van der Waals surface area contributed by atoms with Crippen LogP contribution in [-0.4, -0.2) is 23.5 Å². The van der Waals surface area contributed by atoms with Gasteiger partial charge in [-0.3, -0.25) is 4.99 Å². The predicted molar refractivity (Wildman–Crippen MR) is 128 cm³/mol. The average molecular weight is 414 g/mol. The van der Waals surface area contributed by atoms with E-state index in [1.807, 2.05) is 0 Å². The summed E-state index contributed by atoms with van der Waals surface area (Å²) >= 11 is 0. The van der Waals surface area contributed by atoms with Gasteiger partial charge in [-0.05, 0) is 112 Å². The van der Waals surface area contributed by atoms with Gasteiger partial charge in [0, 0.05) is 12.3 Å². The molecule has 5 aliphatic rings. The Kier molecular flexibility index (Phi) is 6.56. The number of allylic oxidation sites excluding steroid dienone is 1. The Morgan fingerprint density at radius 3 is 2.53 bits per heavy atom. The number of fused-ring (bicyclic) bond motifs is 5. The van der Waals surface area contributed by atoms with Gasteiger partial charge in [-0.2, -0.15) is 0 Å². The summed E-state index contributed by atoms with van der Waals surface area (Å²) < 4.78 is 0. The maximum atomic E-state index is 10.1. The van der Waals surface area contributed by atoms with Crippen LogP contribution in [0, 0.1) is 40.4 Å². The van der Waals surface area contributed by atoms with Gasteiger partial charge in [0.25, 0.3) is 0 Å². The first kappa shape index (κ1) is 22.6. The standard InChI is InChI=1S/C21H34O.C7H13N/c1-4-14-6-8-18-17-7-5-15-13-16(22)9-11-21(15,3)19(17)10-12-20(14,18)2;1-6-3-4-7(2)8-5-6/h5,14,16-19,22H,4,6-13H2,1-3H3;6H,3-5H2,1-2H3/t14-,16-,17-,18-,19-,20+,21-;6-/m00/s1. The van der Waals surface area contributed by atoms with Crippen molar-refractivity contribution in [3.05, 3.63) is 11.6 Å². The third-order valence-corrected chi connectivity index (χ3v) is 10.4. The van der Waals surface area contributed by atoms with E-state index < -0.39 is 0 Å². The average Bonchev–Trinajstić information content (AvgIpc) is 3.07. The maximum Gasteiger partial charge on any atom is 0.0577 e. The highest BCUT2D eigenvalue weighted by atomic mass is 16.3. The summed E-state index contributed by atoms with van der Waals surface area (Å²) in [4.78, 5) is 4.33. The van der Waals surface area contributed by atoms with Gasteiger partial charge in [0.05, 0.1) is 6.10 Å². The Bertz CT molecular complexity index is 680. The number of nitrogens with zero attached hydrogens (tertiary/aromatic N) is 1. The summed E-state index contributed by atoms with van der Waals surface area (Å²) in [5.74, 6) is 4.61. The van der Waals surface area contributed by atoms with Crippen molar-refractivity contribution in [2.24, 2.45) is 45.4 Å². The number of rotatable bonds is 1. The number of hydrogen-bond acceptors (Lipinski definition) is 2. The smallest absolute Gasteiger partial charge is 0.0577 e. The lowest BCUT2D eigenvalue weighted by Gasteiger charge is -2.58. The first-order valence-electron chi connectivity index (χ1n) is 13.2. The van der Waals surface area contributed by atoms with Gasteiger partial charge in [-0.15, -0.1) is 0 Å². The van der Waals surface area contributed by atoms with Gasteiger partial charge in [0.15, 0.2) is 0 Å². The van der Waals surface area contributed by atoms with E-state index in [4.69, 9.17) is 0 Å². The van der Waals surface area contributed by atoms with Crippen molar-refractivity contribution in [2.75, 3.05) is 6.54 Å². The third-order valence-electron chi connectivity index (χ3n) is 10.4. The van der Waals surface area contributed by atoms with Crippen LogP contribution in [0.2, 0.25) is 0 Å². The number of aliphatic imine (C=N–C) groups is 1. The van der Waals surface area contributed by atoms with Gasteiger partial charge >= 0.3 is 0 Å². The van der Waals surface area contributed by atoms with Crippen molar-refractivity contribution in [3.63, 3.8) is 0 Å². The van der Waals surface area contributed by atoms with Gasteiger partial charge in [0.2, 0.25) is 0 Å². The molecule has 30 heavy (non-hydrogen) atoms. The van der Waals surface area contributed by atoms with Gasteiger partial charge in [0.1, 0.15) is 0 Å². The molecule has 0 bridgehead atoms. The zero-order valence-electron chi connectivity index (χ0n) is 20.4. The molecule has 5 rings (SSSR count). The van der Waals surface area contributed by atoms with E-state index >= 15 is 0 Å². The van der Waals surface area contributed by atoms with Crippen LogP contribution in [0.1, 0.15) is 105 Å². The largest absolute Gasteiger partial charge is 0.393 e. The Labute approximate surface area is 186 Å². The first-order chi connectivity index (χ1) is 14.3. The van der Waals surface area contributed by atoms with Crippen molar-refractivity contribution in [1.82, 2.24) is 0 Å². The van der Waals surface area contributed by atoms with Crippen LogP contribution in [-0.2, 0) is 0 Å². The monoisotopic (exact) mass is 413 g/mol. The van der Waals surface area contributed by atoms with E-state index in [1.165, 1.54) is 63.5 Å². The number of aliphatic hydroxyl groups excluding tert-OH is 1. The quantitative estimate of drug-likeness (QED) is 0.452. The second-order valence-electron chi connectivity index (χ2n) is 12.1. The van der Waals surface area contributed by atoms with Gasteiger partial charge in [-0.25, -0.2) is 0 Å². The molecule has 1 heterocycles. The summed E-state index contributed by atoms with van der Waals surface area (Å²) in [6.45, 7) is 13.0. The highest BCUT2D eigenvalue weighted by Gasteiger charge is 2.57. The zero-order valence-corrected chi connectivity index (χ0v) is 20.4. The number of hydrogen-bond donors (Lipinski definition) is 1. The molecule has 0 saturated heterocycles. The van der Waals surface area contributed by atoms with Gasteiger partial charge in [-0.1, -0.05) is 45.8 Å². The summed E-state index contributed by atoms with van der Waals surface area (Å²) in [5, 5.41) is 10.1. The molecule has 2 nitrogen and oxygen atoms in total. The molecule has 0 unspecified atom stereocenters. The fourth-order valence-electron chi connectivity index (χ4n) is 8.36. The molecule has 0 aromatic heterocycles. The summed E-state index contributed by atoms with van der Waals surface area (Å²) in [6.07, 6.45) is 16.8. The Morgan fingerprint density at radius 2 is 1.87 bits per heavy atom. The van der Waals surface area contributed by atoms with Crippen molar-refractivity contribution in [3.8, 4) is 0 Å². The van der Waals surface area contributed by atoms with Crippen LogP contribution in [0.3, 0.4) is 0 Å². The molecule has 0 spiro atoms. The third kappa shape index (κ3) is 3.96. The van der Waals surface area contributed by atoms with Crippen LogP contribution in [0.5, 0.6) is 0 Å². The molecule has 4 aliphatic carbocycles. The van der Waals surface area contributed by atoms with Crippen molar-refractivity contribution < 1.29 is 5.11 Å². The van der Waals surface area contributed by atoms with Gasteiger partial charge < -0.3 is 5.11 Å². The molecule has 0 amide bonds. The van der Waals surface area contributed by atoms with Crippen LogP contribution in [0.15, 0.2) is 16.6 Å². The molecule has 1 aliphatic heterocycles. The lowest BCUT2D eigenvalue weighted by Crippen LogP contribution is -2.50. The minimum absolute atomic E-state index is 0.0688. The SMILES string of the molecule is CC1=NC[C@@H](C)CC1.CC[C@H]1CC[C@H]2[C@@H]3CC=C4C[C@@H](O)CC[C@]4(C)[C@H]3CC[C@]12C. The van der Waals surface area contributed by atoms with Crippen LogP contribution in [0.4, 0.5) is 0 Å². The van der Waals surface area contributed by atoms with Crippen molar-refractivity contribution in [2.45, 2.75) is 111 Å². The second kappa shape index (κ2) is 8.72.